The fraction of sp³-hybridized carbons (Fsp3) is 0.429. The van der Waals surface area contributed by atoms with Gasteiger partial charge in [-0.2, -0.15) is 0 Å². The molecule has 0 aliphatic carbocycles. The third-order valence-corrected chi connectivity index (χ3v) is 2.71. The van der Waals surface area contributed by atoms with Gasteiger partial charge in [0.1, 0.15) is 5.82 Å². The van der Waals surface area contributed by atoms with Gasteiger partial charge < -0.3 is 10.1 Å². The van der Waals surface area contributed by atoms with E-state index in [1.165, 1.54) is 25.3 Å². The van der Waals surface area contributed by atoms with Gasteiger partial charge in [-0.3, -0.25) is 14.5 Å². The SMILES string of the molecule is COC(=O)C(C)CN(C)CC(=O)Nc1cccc(F)c1. The molecule has 0 aromatic heterocycles. The highest BCUT2D eigenvalue weighted by Crippen LogP contribution is 2.09. The number of nitrogens with zero attached hydrogens (tertiary/aromatic N) is 1. The Morgan fingerprint density at radius 3 is 2.75 bits per heavy atom. The molecule has 0 saturated heterocycles. The Bertz CT molecular complexity index is 479. The number of carbonyl (C=O) groups excluding carboxylic acids is 2. The first-order valence-corrected chi connectivity index (χ1v) is 6.24. The minimum absolute atomic E-state index is 0.109. The van der Waals surface area contributed by atoms with Crippen LogP contribution in [0.15, 0.2) is 24.3 Å². The van der Waals surface area contributed by atoms with E-state index in [-0.39, 0.29) is 24.3 Å². The molecule has 1 rings (SSSR count). The van der Waals surface area contributed by atoms with E-state index in [1.54, 1.807) is 24.9 Å². The molecule has 0 aliphatic rings. The molecule has 0 fully saturated rings. The van der Waals surface area contributed by atoms with Gasteiger partial charge in [0.05, 0.1) is 19.6 Å². The van der Waals surface area contributed by atoms with Gasteiger partial charge in [-0.15, -0.1) is 0 Å². The van der Waals surface area contributed by atoms with E-state index in [0.29, 0.717) is 12.2 Å². The number of esters is 1. The summed E-state index contributed by atoms with van der Waals surface area (Å²) in [4.78, 5) is 24.7. The molecule has 0 bridgehead atoms. The molecule has 0 heterocycles. The van der Waals surface area contributed by atoms with Gasteiger partial charge in [0.15, 0.2) is 0 Å². The number of hydrogen-bond donors (Lipinski definition) is 1. The van der Waals surface area contributed by atoms with Crippen molar-refractivity contribution < 1.29 is 18.7 Å². The zero-order chi connectivity index (χ0) is 15.1. The first-order valence-electron chi connectivity index (χ1n) is 6.24. The van der Waals surface area contributed by atoms with Crippen LogP contribution in [0.3, 0.4) is 0 Å². The van der Waals surface area contributed by atoms with Crippen molar-refractivity contribution >= 4 is 17.6 Å². The molecule has 6 heteroatoms. The molecule has 20 heavy (non-hydrogen) atoms. The zero-order valence-corrected chi connectivity index (χ0v) is 11.9. The maximum Gasteiger partial charge on any atom is 0.309 e. The second-order valence-electron chi connectivity index (χ2n) is 4.68. The molecule has 0 aliphatic heterocycles. The van der Waals surface area contributed by atoms with Crippen LogP contribution in [-0.4, -0.2) is 44.0 Å². The average molecular weight is 282 g/mol. The molecule has 1 atom stereocenters. The number of halogens is 1. The molecular weight excluding hydrogens is 263 g/mol. The maximum absolute atomic E-state index is 13.0. The van der Waals surface area contributed by atoms with E-state index in [9.17, 15) is 14.0 Å². The second kappa shape index (κ2) is 7.59. The van der Waals surface area contributed by atoms with E-state index in [4.69, 9.17) is 0 Å². The number of methoxy groups -OCH3 is 1. The number of rotatable bonds is 6. The first kappa shape index (κ1) is 16.1. The van der Waals surface area contributed by atoms with Crippen molar-refractivity contribution in [2.24, 2.45) is 5.92 Å². The fourth-order valence-corrected chi connectivity index (χ4v) is 1.82. The predicted molar refractivity (Wildman–Crippen MR) is 73.7 cm³/mol. The quantitative estimate of drug-likeness (QED) is 0.803. The Morgan fingerprint density at radius 1 is 1.45 bits per heavy atom. The molecule has 0 saturated carbocycles. The Hall–Kier alpha value is -1.95. The Labute approximate surface area is 117 Å². The molecule has 1 aromatic rings. The minimum Gasteiger partial charge on any atom is -0.469 e. The lowest BCUT2D eigenvalue weighted by molar-refractivity contribution is -0.145. The monoisotopic (exact) mass is 282 g/mol. The van der Waals surface area contributed by atoms with Gasteiger partial charge in [0, 0.05) is 12.2 Å². The summed E-state index contributed by atoms with van der Waals surface area (Å²) >= 11 is 0. The molecule has 5 nitrogen and oxygen atoms in total. The van der Waals surface area contributed by atoms with Crippen LogP contribution < -0.4 is 5.32 Å². The van der Waals surface area contributed by atoms with Gasteiger partial charge in [-0.25, -0.2) is 4.39 Å². The fourth-order valence-electron chi connectivity index (χ4n) is 1.82. The highest BCUT2D eigenvalue weighted by Gasteiger charge is 2.17. The van der Waals surface area contributed by atoms with E-state index >= 15 is 0 Å². The second-order valence-corrected chi connectivity index (χ2v) is 4.68. The molecular formula is C14H19FN2O3. The van der Waals surface area contributed by atoms with Gasteiger partial charge >= 0.3 is 5.97 Å². The van der Waals surface area contributed by atoms with E-state index < -0.39 is 5.82 Å². The maximum atomic E-state index is 13.0. The Balaban J connectivity index is 2.44. The topological polar surface area (TPSA) is 58.6 Å². The number of hydrogen-bond acceptors (Lipinski definition) is 4. The van der Waals surface area contributed by atoms with Gasteiger partial charge in [-0.05, 0) is 25.2 Å². The van der Waals surface area contributed by atoms with E-state index in [2.05, 4.69) is 10.1 Å². The lowest BCUT2D eigenvalue weighted by Crippen LogP contribution is -2.35. The lowest BCUT2D eigenvalue weighted by atomic mass is 10.2. The van der Waals surface area contributed by atoms with Crippen LogP contribution >= 0.6 is 0 Å². The molecule has 1 aromatic carbocycles. The molecule has 1 unspecified atom stereocenters. The number of benzene rings is 1. The van der Waals surface area contributed by atoms with Crippen LogP contribution in [0, 0.1) is 11.7 Å². The number of amides is 1. The smallest absolute Gasteiger partial charge is 0.309 e. The summed E-state index contributed by atoms with van der Waals surface area (Å²) in [5.41, 5.74) is 0.407. The van der Waals surface area contributed by atoms with Crippen LogP contribution in [0.25, 0.3) is 0 Å². The third-order valence-electron chi connectivity index (χ3n) is 2.71. The number of anilines is 1. The predicted octanol–water partition coefficient (Wildman–Crippen LogP) is 1.51. The van der Waals surface area contributed by atoms with Crippen molar-refractivity contribution in [3.63, 3.8) is 0 Å². The zero-order valence-electron chi connectivity index (χ0n) is 11.9. The Kier molecular flexibility index (Phi) is 6.11. The van der Waals surface area contributed by atoms with Crippen molar-refractivity contribution in [2.45, 2.75) is 6.92 Å². The minimum atomic E-state index is -0.407. The normalized spacial score (nSPS) is 12.1. The van der Waals surface area contributed by atoms with Gasteiger partial charge in [0.2, 0.25) is 5.91 Å². The highest BCUT2D eigenvalue weighted by molar-refractivity contribution is 5.92. The van der Waals surface area contributed by atoms with Crippen molar-refractivity contribution in [3.8, 4) is 0 Å². The summed E-state index contributed by atoms with van der Waals surface area (Å²) in [5.74, 6) is -1.31. The highest BCUT2D eigenvalue weighted by atomic mass is 19.1. The van der Waals surface area contributed by atoms with E-state index in [1.807, 2.05) is 0 Å². The summed E-state index contributed by atoms with van der Waals surface area (Å²) in [5, 5.41) is 2.59. The largest absolute Gasteiger partial charge is 0.469 e. The third kappa shape index (κ3) is 5.36. The Morgan fingerprint density at radius 2 is 2.15 bits per heavy atom. The molecule has 1 N–H and O–H groups in total. The van der Waals surface area contributed by atoms with Gasteiger partial charge in [-0.1, -0.05) is 13.0 Å². The molecule has 110 valence electrons. The van der Waals surface area contributed by atoms with Crippen LogP contribution in [0.4, 0.5) is 10.1 Å². The molecule has 1 amide bonds. The van der Waals surface area contributed by atoms with E-state index in [0.717, 1.165) is 0 Å². The summed E-state index contributed by atoms with van der Waals surface area (Å²) < 4.78 is 17.6. The van der Waals surface area contributed by atoms with Crippen LogP contribution in [0.5, 0.6) is 0 Å². The number of carbonyl (C=O) groups is 2. The first-order chi connectivity index (χ1) is 9.42. The van der Waals surface area contributed by atoms with Crippen LogP contribution in [0.2, 0.25) is 0 Å². The van der Waals surface area contributed by atoms with Crippen molar-refractivity contribution in [3.05, 3.63) is 30.1 Å². The van der Waals surface area contributed by atoms with Gasteiger partial charge in [0.25, 0.3) is 0 Å². The van der Waals surface area contributed by atoms with Crippen molar-refractivity contribution in [2.75, 3.05) is 32.6 Å². The molecule has 0 radical (unpaired) electrons. The van der Waals surface area contributed by atoms with Crippen LogP contribution in [0.1, 0.15) is 6.92 Å². The molecule has 0 spiro atoms. The van der Waals surface area contributed by atoms with Crippen LogP contribution in [-0.2, 0) is 14.3 Å². The summed E-state index contributed by atoms with van der Waals surface area (Å²) in [7, 11) is 3.06. The number of ether oxygens (including phenoxy) is 1. The summed E-state index contributed by atoms with van der Waals surface area (Å²) in [6.45, 7) is 2.24. The van der Waals surface area contributed by atoms with Crippen molar-refractivity contribution in [1.29, 1.82) is 0 Å². The number of likely N-dealkylation sites (N-methyl/N-ethyl adjacent to an activating group) is 1. The summed E-state index contributed by atoms with van der Waals surface area (Å²) in [6, 6.07) is 5.68. The standard InChI is InChI=1S/C14H19FN2O3/c1-10(14(19)20-3)8-17(2)9-13(18)16-12-6-4-5-11(15)7-12/h4-7,10H,8-9H2,1-3H3,(H,16,18). The lowest BCUT2D eigenvalue weighted by Gasteiger charge is -2.19. The number of nitrogens with one attached hydrogen (secondary N) is 1. The summed E-state index contributed by atoms with van der Waals surface area (Å²) in [6.07, 6.45) is 0. The average Bonchev–Trinajstić information content (AvgIpc) is 2.37. The van der Waals surface area contributed by atoms with Crippen molar-refractivity contribution in [1.82, 2.24) is 4.90 Å².